The van der Waals surface area contributed by atoms with Crippen molar-refractivity contribution >= 4 is 22.0 Å². The van der Waals surface area contributed by atoms with E-state index in [2.05, 4.69) is 58.0 Å². The second kappa shape index (κ2) is 5.14. The van der Waals surface area contributed by atoms with E-state index in [9.17, 15) is 0 Å². The molecule has 1 heterocycles. The van der Waals surface area contributed by atoms with E-state index in [0.717, 1.165) is 0 Å². The number of hydrogen-bond donors (Lipinski definition) is 2. The molecule has 0 spiro atoms. The van der Waals surface area contributed by atoms with Crippen molar-refractivity contribution in [2.75, 3.05) is 0 Å². The molecule has 0 aromatic heterocycles. The highest BCUT2D eigenvalue weighted by Crippen LogP contribution is 2.30. The SMILES string of the molecule is c1ccc(-c2ccc(C3NSSN3)cc2)cc1. The lowest BCUT2D eigenvalue weighted by molar-refractivity contribution is 0.680. The zero-order valence-electron chi connectivity index (χ0n) is 9.09. The second-order valence-corrected chi connectivity index (χ2v) is 5.63. The van der Waals surface area contributed by atoms with E-state index in [1.165, 1.54) is 16.7 Å². The summed E-state index contributed by atoms with van der Waals surface area (Å²) in [6.45, 7) is 0. The van der Waals surface area contributed by atoms with Crippen LogP contribution in [0.4, 0.5) is 0 Å². The molecule has 2 nitrogen and oxygen atoms in total. The lowest BCUT2D eigenvalue weighted by atomic mass is 10.0. The Balaban J connectivity index is 1.85. The van der Waals surface area contributed by atoms with Crippen LogP contribution in [-0.4, -0.2) is 0 Å². The van der Waals surface area contributed by atoms with Crippen molar-refractivity contribution in [3.05, 3.63) is 60.2 Å². The molecule has 4 heteroatoms. The van der Waals surface area contributed by atoms with Crippen LogP contribution in [0.1, 0.15) is 11.7 Å². The highest BCUT2D eigenvalue weighted by molar-refractivity contribution is 8.75. The molecule has 1 saturated heterocycles. The van der Waals surface area contributed by atoms with Crippen molar-refractivity contribution in [3.63, 3.8) is 0 Å². The minimum Gasteiger partial charge on any atom is -0.232 e. The van der Waals surface area contributed by atoms with Crippen molar-refractivity contribution in [1.82, 2.24) is 9.44 Å². The fourth-order valence-corrected chi connectivity index (χ4v) is 3.42. The van der Waals surface area contributed by atoms with E-state index >= 15 is 0 Å². The molecule has 86 valence electrons. The number of benzene rings is 2. The summed E-state index contributed by atoms with van der Waals surface area (Å²) in [7, 11) is 3.27. The van der Waals surface area contributed by atoms with Gasteiger partial charge in [0.25, 0.3) is 0 Å². The van der Waals surface area contributed by atoms with E-state index in [4.69, 9.17) is 0 Å². The minimum atomic E-state index is 0.245. The quantitative estimate of drug-likeness (QED) is 0.634. The van der Waals surface area contributed by atoms with Gasteiger partial charge in [-0.2, -0.15) is 0 Å². The summed E-state index contributed by atoms with van der Waals surface area (Å²) in [5, 5.41) is 0. The van der Waals surface area contributed by atoms with E-state index in [1.807, 2.05) is 6.07 Å². The Bertz CT molecular complexity index is 479. The predicted molar refractivity (Wildman–Crippen MR) is 76.1 cm³/mol. The zero-order chi connectivity index (χ0) is 11.5. The molecule has 3 rings (SSSR count). The molecule has 0 atom stereocenters. The lowest BCUT2D eigenvalue weighted by Gasteiger charge is -2.10. The van der Waals surface area contributed by atoms with Crippen LogP contribution in [0.15, 0.2) is 54.6 Å². The number of rotatable bonds is 2. The molecular weight excluding hydrogens is 248 g/mol. The van der Waals surface area contributed by atoms with E-state index in [1.54, 1.807) is 22.0 Å². The topological polar surface area (TPSA) is 24.1 Å². The van der Waals surface area contributed by atoms with Gasteiger partial charge in [-0.1, -0.05) is 54.6 Å². The molecule has 2 aromatic rings. The standard InChI is InChI=1S/C13H12N2S2/c1-2-4-10(5-3-1)11-6-8-12(9-7-11)13-14-16-17-15-13/h1-9,13-15H. The average Bonchev–Trinajstić information content (AvgIpc) is 2.94. The van der Waals surface area contributed by atoms with Gasteiger partial charge in [-0.3, -0.25) is 0 Å². The molecule has 0 bridgehead atoms. The molecule has 2 N–H and O–H groups in total. The lowest BCUT2D eigenvalue weighted by Crippen LogP contribution is -2.17. The van der Waals surface area contributed by atoms with Gasteiger partial charge in [-0.15, -0.1) is 0 Å². The first-order chi connectivity index (χ1) is 8.43. The average molecular weight is 260 g/mol. The van der Waals surface area contributed by atoms with E-state index in [0.29, 0.717) is 0 Å². The smallest absolute Gasteiger partial charge is 0.103 e. The minimum absolute atomic E-state index is 0.245. The Morgan fingerprint density at radius 2 is 1.29 bits per heavy atom. The van der Waals surface area contributed by atoms with Crippen LogP contribution in [0.25, 0.3) is 11.1 Å². The van der Waals surface area contributed by atoms with Crippen LogP contribution in [0.3, 0.4) is 0 Å². The fraction of sp³-hybridized carbons (Fsp3) is 0.0769. The molecular formula is C13H12N2S2. The summed E-state index contributed by atoms with van der Waals surface area (Å²) in [5.74, 6) is 0. The molecule has 0 aliphatic carbocycles. The maximum Gasteiger partial charge on any atom is 0.103 e. The highest BCUT2D eigenvalue weighted by atomic mass is 33.1. The van der Waals surface area contributed by atoms with Gasteiger partial charge in [-0.05, 0) is 16.7 Å². The van der Waals surface area contributed by atoms with Gasteiger partial charge in [0.2, 0.25) is 0 Å². The molecule has 0 saturated carbocycles. The van der Waals surface area contributed by atoms with Gasteiger partial charge < -0.3 is 0 Å². The third-order valence-corrected chi connectivity index (χ3v) is 4.30. The van der Waals surface area contributed by atoms with Crippen molar-refractivity contribution in [1.29, 1.82) is 0 Å². The molecule has 0 radical (unpaired) electrons. The Kier molecular flexibility index (Phi) is 3.38. The molecule has 0 amide bonds. The van der Waals surface area contributed by atoms with Crippen LogP contribution in [0, 0.1) is 0 Å². The first-order valence-electron chi connectivity index (χ1n) is 5.42. The van der Waals surface area contributed by atoms with Gasteiger partial charge in [0, 0.05) is 22.0 Å². The molecule has 17 heavy (non-hydrogen) atoms. The molecule has 1 aliphatic heterocycles. The fourth-order valence-electron chi connectivity index (χ4n) is 1.80. The maximum atomic E-state index is 3.30. The number of hydrogen-bond acceptors (Lipinski definition) is 4. The summed E-state index contributed by atoms with van der Waals surface area (Å²) >= 11 is 0. The summed E-state index contributed by atoms with van der Waals surface area (Å²) in [6, 6.07) is 19.1. The Hall–Kier alpha value is -0.940. The zero-order valence-corrected chi connectivity index (χ0v) is 10.7. The molecule has 1 aliphatic rings. The van der Waals surface area contributed by atoms with Crippen molar-refractivity contribution in [2.45, 2.75) is 6.17 Å². The van der Waals surface area contributed by atoms with Crippen molar-refractivity contribution in [2.24, 2.45) is 0 Å². The van der Waals surface area contributed by atoms with Crippen molar-refractivity contribution in [3.8, 4) is 11.1 Å². The normalized spacial score (nSPS) is 16.2. The van der Waals surface area contributed by atoms with E-state index < -0.39 is 0 Å². The first-order valence-corrected chi connectivity index (χ1v) is 7.57. The number of nitrogens with one attached hydrogen (secondary N) is 2. The Morgan fingerprint density at radius 1 is 0.706 bits per heavy atom. The Morgan fingerprint density at radius 3 is 1.94 bits per heavy atom. The van der Waals surface area contributed by atoms with Gasteiger partial charge in [0.1, 0.15) is 6.17 Å². The second-order valence-electron chi connectivity index (χ2n) is 3.82. The highest BCUT2D eigenvalue weighted by Gasteiger charge is 2.16. The van der Waals surface area contributed by atoms with Crippen LogP contribution in [0.5, 0.6) is 0 Å². The third kappa shape index (κ3) is 2.50. The Labute approximate surface area is 109 Å². The van der Waals surface area contributed by atoms with Crippen molar-refractivity contribution < 1.29 is 0 Å². The van der Waals surface area contributed by atoms with Gasteiger partial charge in [0.05, 0.1) is 0 Å². The van der Waals surface area contributed by atoms with Crippen LogP contribution < -0.4 is 9.44 Å². The predicted octanol–water partition coefficient (Wildman–Crippen LogP) is 3.76. The van der Waals surface area contributed by atoms with E-state index in [-0.39, 0.29) is 6.17 Å². The van der Waals surface area contributed by atoms with Crippen LogP contribution in [0.2, 0.25) is 0 Å². The summed E-state index contributed by atoms with van der Waals surface area (Å²) in [6.07, 6.45) is 0.245. The first kappa shape index (κ1) is 11.2. The van der Waals surface area contributed by atoms with Gasteiger partial charge in [-0.25, -0.2) is 9.44 Å². The summed E-state index contributed by atoms with van der Waals surface area (Å²) in [5.41, 5.74) is 3.78. The van der Waals surface area contributed by atoms with Gasteiger partial charge >= 0.3 is 0 Å². The largest absolute Gasteiger partial charge is 0.232 e. The maximum absolute atomic E-state index is 3.30. The van der Waals surface area contributed by atoms with Gasteiger partial charge in [0.15, 0.2) is 0 Å². The molecule has 0 unspecified atom stereocenters. The molecule has 2 aromatic carbocycles. The summed E-state index contributed by atoms with van der Waals surface area (Å²) < 4.78 is 6.60. The molecule has 1 fully saturated rings. The van der Waals surface area contributed by atoms with Crippen LogP contribution in [-0.2, 0) is 0 Å². The third-order valence-electron chi connectivity index (χ3n) is 2.72. The summed E-state index contributed by atoms with van der Waals surface area (Å²) in [4.78, 5) is 0. The monoisotopic (exact) mass is 260 g/mol. The van der Waals surface area contributed by atoms with Crippen LogP contribution >= 0.6 is 22.0 Å².